The molecule has 112 valence electrons. The maximum Gasteiger partial charge on any atom is 0.289 e. The van der Waals surface area contributed by atoms with Gasteiger partial charge in [0.15, 0.2) is 0 Å². The van der Waals surface area contributed by atoms with Gasteiger partial charge in [-0.15, -0.1) is 0 Å². The molecule has 6 nitrogen and oxygen atoms in total. The summed E-state index contributed by atoms with van der Waals surface area (Å²) in [5, 5.41) is 22.9. The maximum absolute atomic E-state index is 10.7. The maximum atomic E-state index is 10.7. The molecule has 0 aromatic carbocycles. The van der Waals surface area contributed by atoms with Crippen molar-refractivity contribution in [3.8, 4) is 6.07 Å². The molecule has 6 heteroatoms. The van der Waals surface area contributed by atoms with Crippen LogP contribution in [0, 0.1) is 33.3 Å². The molecule has 1 fully saturated rings. The van der Waals surface area contributed by atoms with Crippen LogP contribution in [0.2, 0.25) is 0 Å². The van der Waals surface area contributed by atoms with Crippen LogP contribution >= 0.6 is 0 Å². The van der Waals surface area contributed by atoms with Gasteiger partial charge < -0.3 is 5.32 Å². The van der Waals surface area contributed by atoms with E-state index in [1.807, 2.05) is 6.07 Å². The molecule has 1 N–H and O–H groups in total. The molecule has 0 spiro atoms. The van der Waals surface area contributed by atoms with Crippen molar-refractivity contribution in [3.63, 3.8) is 0 Å². The van der Waals surface area contributed by atoms with Crippen molar-refractivity contribution in [2.75, 3.05) is 11.9 Å². The van der Waals surface area contributed by atoms with E-state index >= 15 is 0 Å². The van der Waals surface area contributed by atoms with Crippen molar-refractivity contribution >= 4 is 11.5 Å². The van der Waals surface area contributed by atoms with Crippen molar-refractivity contribution in [3.05, 3.63) is 27.9 Å². The molecule has 0 saturated heterocycles. The zero-order chi connectivity index (χ0) is 15.2. The van der Waals surface area contributed by atoms with Crippen LogP contribution in [0.1, 0.15) is 44.6 Å². The number of hydrogen-bond acceptors (Lipinski definition) is 5. The Bertz CT molecular complexity index is 553. The van der Waals surface area contributed by atoms with Crippen LogP contribution in [-0.4, -0.2) is 16.5 Å². The smallest absolute Gasteiger partial charge is 0.289 e. The highest BCUT2D eigenvalue weighted by Crippen LogP contribution is 2.30. The second-order valence-corrected chi connectivity index (χ2v) is 5.81. The van der Waals surface area contributed by atoms with Crippen molar-refractivity contribution in [1.29, 1.82) is 5.26 Å². The minimum absolute atomic E-state index is 0.154. The van der Waals surface area contributed by atoms with Gasteiger partial charge in [-0.3, -0.25) is 10.1 Å². The molecule has 0 radical (unpaired) electrons. The van der Waals surface area contributed by atoms with E-state index < -0.39 is 4.92 Å². The van der Waals surface area contributed by atoms with E-state index in [0.717, 1.165) is 24.8 Å². The largest absolute Gasteiger partial charge is 0.369 e. The minimum atomic E-state index is -0.541. The summed E-state index contributed by atoms with van der Waals surface area (Å²) >= 11 is 0. The average Bonchev–Trinajstić information content (AvgIpc) is 2.47. The number of aromatic nitrogens is 1. The molecule has 1 heterocycles. The third kappa shape index (κ3) is 4.15. The van der Waals surface area contributed by atoms with Gasteiger partial charge in [-0.25, -0.2) is 4.98 Å². The number of nitro groups is 1. The van der Waals surface area contributed by atoms with E-state index in [-0.39, 0.29) is 11.3 Å². The lowest BCUT2D eigenvalue weighted by Gasteiger charge is -2.26. The Morgan fingerprint density at radius 3 is 3.05 bits per heavy atom. The highest BCUT2D eigenvalue weighted by Gasteiger charge is 2.18. The van der Waals surface area contributed by atoms with Crippen LogP contribution in [0.5, 0.6) is 0 Å². The monoisotopic (exact) mass is 288 g/mol. The molecule has 1 aliphatic carbocycles. The Kier molecular flexibility index (Phi) is 5.09. The molecule has 0 bridgehead atoms. The first-order valence-corrected chi connectivity index (χ1v) is 7.38. The molecule has 2 atom stereocenters. The van der Waals surface area contributed by atoms with E-state index in [9.17, 15) is 10.1 Å². The number of nitriles is 1. The Morgan fingerprint density at radius 1 is 1.57 bits per heavy atom. The van der Waals surface area contributed by atoms with Gasteiger partial charge in [0.2, 0.25) is 0 Å². The highest BCUT2D eigenvalue weighted by atomic mass is 16.6. The zero-order valence-corrected chi connectivity index (χ0v) is 12.2. The molecular weight excluding hydrogens is 268 g/mol. The highest BCUT2D eigenvalue weighted by molar-refractivity contribution is 5.55. The first kappa shape index (κ1) is 15.2. The molecular formula is C15H20N4O2. The fourth-order valence-electron chi connectivity index (χ4n) is 3.00. The third-order valence-electron chi connectivity index (χ3n) is 4.09. The van der Waals surface area contributed by atoms with Gasteiger partial charge in [0.1, 0.15) is 23.6 Å². The molecule has 1 aromatic rings. The van der Waals surface area contributed by atoms with Gasteiger partial charge in [-0.05, 0) is 24.7 Å². The van der Waals surface area contributed by atoms with Crippen molar-refractivity contribution in [2.24, 2.45) is 11.8 Å². The van der Waals surface area contributed by atoms with Crippen LogP contribution in [0.25, 0.3) is 0 Å². The molecule has 2 unspecified atom stereocenters. The van der Waals surface area contributed by atoms with E-state index in [0.29, 0.717) is 5.82 Å². The summed E-state index contributed by atoms with van der Waals surface area (Å²) in [6.07, 6.45) is 7.39. The first-order valence-electron chi connectivity index (χ1n) is 7.38. The van der Waals surface area contributed by atoms with E-state index in [4.69, 9.17) is 5.26 Å². The lowest BCUT2D eigenvalue weighted by atomic mass is 9.81. The number of hydrogen-bond donors (Lipinski definition) is 1. The van der Waals surface area contributed by atoms with Crippen LogP contribution in [0.15, 0.2) is 12.3 Å². The molecule has 0 amide bonds. The van der Waals surface area contributed by atoms with Gasteiger partial charge in [0, 0.05) is 12.6 Å². The molecule has 1 saturated carbocycles. The number of nitrogens with one attached hydrogen (secondary N) is 1. The SMILES string of the molecule is CC1CCCC(CCNc2ncc([N+](=O)[O-])cc2C#N)C1. The molecule has 1 aromatic heterocycles. The number of rotatable bonds is 5. The Labute approximate surface area is 124 Å². The lowest BCUT2D eigenvalue weighted by molar-refractivity contribution is -0.385. The summed E-state index contributed by atoms with van der Waals surface area (Å²) in [4.78, 5) is 14.1. The summed E-state index contributed by atoms with van der Waals surface area (Å²) in [5.74, 6) is 1.97. The average molecular weight is 288 g/mol. The van der Waals surface area contributed by atoms with Crippen LogP contribution in [-0.2, 0) is 0 Å². The summed E-state index contributed by atoms with van der Waals surface area (Å²) in [7, 11) is 0. The van der Waals surface area contributed by atoms with Crippen molar-refractivity contribution < 1.29 is 4.92 Å². The number of pyridine rings is 1. The molecule has 21 heavy (non-hydrogen) atoms. The van der Waals surface area contributed by atoms with E-state index in [1.165, 1.54) is 37.9 Å². The number of anilines is 1. The molecule has 0 aliphatic heterocycles. The predicted octanol–water partition coefficient (Wildman–Crippen LogP) is 3.49. The Morgan fingerprint density at radius 2 is 2.38 bits per heavy atom. The normalized spacial score (nSPS) is 21.5. The number of nitrogens with zero attached hydrogens (tertiary/aromatic N) is 3. The topological polar surface area (TPSA) is 91.8 Å². The fourth-order valence-corrected chi connectivity index (χ4v) is 3.00. The minimum Gasteiger partial charge on any atom is -0.369 e. The first-order chi connectivity index (χ1) is 10.1. The van der Waals surface area contributed by atoms with Crippen LogP contribution < -0.4 is 5.32 Å². The lowest BCUT2D eigenvalue weighted by Crippen LogP contribution is -2.17. The van der Waals surface area contributed by atoms with Gasteiger partial charge in [0.25, 0.3) is 5.69 Å². The van der Waals surface area contributed by atoms with Gasteiger partial charge in [-0.1, -0.05) is 26.2 Å². The third-order valence-corrected chi connectivity index (χ3v) is 4.09. The van der Waals surface area contributed by atoms with Crippen LogP contribution in [0.3, 0.4) is 0 Å². The zero-order valence-electron chi connectivity index (χ0n) is 12.2. The van der Waals surface area contributed by atoms with Crippen molar-refractivity contribution in [1.82, 2.24) is 4.98 Å². The summed E-state index contributed by atoms with van der Waals surface area (Å²) in [6, 6.07) is 3.22. The van der Waals surface area contributed by atoms with Crippen molar-refractivity contribution in [2.45, 2.75) is 39.0 Å². The van der Waals surface area contributed by atoms with Gasteiger partial charge in [0.05, 0.1) is 4.92 Å². The summed E-state index contributed by atoms with van der Waals surface area (Å²) < 4.78 is 0. The summed E-state index contributed by atoms with van der Waals surface area (Å²) in [6.45, 7) is 3.04. The molecule has 1 aliphatic rings. The standard InChI is InChI=1S/C15H20N4O2/c1-11-3-2-4-12(7-11)5-6-17-15-13(9-16)8-14(10-18-15)19(20)21/h8,10-12H,2-7H2,1H3,(H,17,18). The van der Waals surface area contributed by atoms with E-state index in [1.54, 1.807) is 0 Å². The Hall–Kier alpha value is -2.16. The van der Waals surface area contributed by atoms with E-state index in [2.05, 4.69) is 17.2 Å². The quantitative estimate of drug-likeness (QED) is 0.661. The predicted molar refractivity (Wildman–Crippen MR) is 79.8 cm³/mol. The van der Waals surface area contributed by atoms with Gasteiger partial charge >= 0.3 is 0 Å². The Balaban J connectivity index is 1.91. The second kappa shape index (κ2) is 7.02. The molecule has 2 rings (SSSR count). The summed E-state index contributed by atoms with van der Waals surface area (Å²) in [5.41, 5.74) is 0.0689. The fraction of sp³-hybridized carbons (Fsp3) is 0.600. The van der Waals surface area contributed by atoms with Gasteiger partial charge in [-0.2, -0.15) is 5.26 Å². The van der Waals surface area contributed by atoms with Crippen LogP contribution in [0.4, 0.5) is 11.5 Å². The second-order valence-electron chi connectivity index (χ2n) is 5.81.